The van der Waals surface area contributed by atoms with E-state index >= 15 is 0 Å². The number of rotatable bonds is 4. The molecule has 3 aromatic rings. The Hall–Kier alpha value is -3.09. The smallest absolute Gasteiger partial charge is 0.283 e. The van der Waals surface area contributed by atoms with Crippen LogP contribution in [0.15, 0.2) is 88.3 Å². The first-order valence-corrected chi connectivity index (χ1v) is 11.3. The van der Waals surface area contributed by atoms with Gasteiger partial charge in [-0.1, -0.05) is 59.8 Å². The van der Waals surface area contributed by atoms with E-state index in [2.05, 4.69) is 6.07 Å². The fourth-order valence-electron chi connectivity index (χ4n) is 4.03. The molecule has 160 valence electrons. The molecule has 3 aromatic carbocycles. The molecular formula is C25H18ClFN2O2S. The number of carbonyl (C=O) groups is 2. The van der Waals surface area contributed by atoms with Crippen molar-refractivity contribution in [3.05, 3.63) is 105 Å². The summed E-state index contributed by atoms with van der Waals surface area (Å²) in [6, 6.07) is 21.0. The molecule has 5 rings (SSSR count). The molecule has 0 unspecified atom stereocenters. The Labute approximate surface area is 194 Å². The predicted molar refractivity (Wildman–Crippen MR) is 124 cm³/mol. The summed E-state index contributed by atoms with van der Waals surface area (Å²) in [5, 5.41) is 0.581. The van der Waals surface area contributed by atoms with Crippen LogP contribution in [0.2, 0.25) is 5.02 Å². The molecule has 0 fully saturated rings. The molecule has 2 aliphatic heterocycles. The summed E-state index contributed by atoms with van der Waals surface area (Å²) in [7, 11) is 0. The number of carbonyl (C=O) groups excluding carboxylic acids is 2. The average Bonchev–Trinajstić information content (AvgIpc) is 3.04. The maximum atomic E-state index is 14.6. The quantitative estimate of drug-likeness (QED) is 0.484. The third-order valence-electron chi connectivity index (χ3n) is 5.59. The van der Waals surface area contributed by atoms with Gasteiger partial charge in [0.25, 0.3) is 11.8 Å². The van der Waals surface area contributed by atoms with Crippen molar-refractivity contribution in [1.82, 2.24) is 4.90 Å². The van der Waals surface area contributed by atoms with Crippen LogP contribution in [0, 0.1) is 5.82 Å². The number of hydrogen-bond donors (Lipinski definition) is 0. The van der Waals surface area contributed by atoms with Gasteiger partial charge in [-0.3, -0.25) is 9.59 Å². The summed E-state index contributed by atoms with van der Waals surface area (Å²) in [6.45, 7) is 1.11. The van der Waals surface area contributed by atoms with Gasteiger partial charge in [0.1, 0.15) is 16.4 Å². The van der Waals surface area contributed by atoms with Gasteiger partial charge in [-0.15, -0.1) is 0 Å². The number of para-hydroxylation sites is 1. The number of thioether (sulfide) groups is 1. The van der Waals surface area contributed by atoms with Crippen LogP contribution in [-0.2, 0) is 22.6 Å². The molecule has 0 aliphatic carbocycles. The van der Waals surface area contributed by atoms with Crippen LogP contribution in [0.5, 0.6) is 0 Å². The lowest BCUT2D eigenvalue weighted by molar-refractivity contribution is -0.121. The van der Waals surface area contributed by atoms with Crippen molar-refractivity contribution in [2.45, 2.75) is 17.9 Å². The molecule has 0 bridgehead atoms. The minimum Gasteiger partial charge on any atom is -0.361 e. The van der Waals surface area contributed by atoms with Gasteiger partial charge in [0.15, 0.2) is 0 Å². The molecule has 0 saturated carbocycles. The van der Waals surface area contributed by atoms with Crippen molar-refractivity contribution in [3.63, 3.8) is 0 Å². The van der Waals surface area contributed by atoms with E-state index in [9.17, 15) is 14.0 Å². The number of nitrogens with zero attached hydrogens (tertiary/aromatic N) is 2. The fourth-order valence-corrected chi connectivity index (χ4v) is 5.15. The largest absolute Gasteiger partial charge is 0.361 e. The second-order valence-electron chi connectivity index (χ2n) is 7.57. The van der Waals surface area contributed by atoms with Gasteiger partial charge in [0.2, 0.25) is 0 Å². The second kappa shape index (κ2) is 8.45. The zero-order valence-corrected chi connectivity index (χ0v) is 18.5. The number of hydrogen-bond acceptors (Lipinski definition) is 4. The van der Waals surface area contributed by atoms with E-state index in [1.54, 1.807) is 30.3 Å². The molecule has 4 nitrogen and oxygen atoms in total. The van der Waals surface area contributed by atoms with Crippen molar-refractivity contribution in [2.75, 3.05) is 11.4 Å². The van der Waals surface area contributed by atoms with E-state index in [0.717, 1.165) is 21.8 Å². The molecule has 0 N–H and O–H groups in total. The first kappa shape index (κ1) is 20.8. The van der Waals surface area contributed by atoms with Crippen LogP contribution < -0.4 is 4.90 Å². The number of anilines is 1. The van der Waals surface area contributed by atoms with E-state index in [4.69, 9.17) is 11.6 Å². The Morgan fingerprint density at radius 3 is 2.28 bits per heavy atom. The molecule has 0 aromatic heterocycles. The fraction of sp³-hybridized carbons (Fsp3) is 0.120. The molecule has 2 amide bonds. The lowest BCUT2D eigenvalue weighted by Gasteiger charge is -2.31. The highest BCUT2D eigenvalue weighted by Gasteiger charge is 2.43. The molecular weight excluding hydrogens is 447 g/mol. The Kier molecular flexibility index (Phi) is 5.49. The summed E-state index contributed by atoms with van der Waals surface area (Å²) in [4.78, 5) is 30.9. The lowest BCUT2D eigenvalue weighted by Crippen LogP contribution is -2.37. The van der Waals surface area contributed by atoms with Gasteiger partial charge < -0.3 is 4.90 Å². The third kappa shape index (κ3) is 3.70. The van der Waals surface area contributed by atoms with Crippen molar-refractivity contribution in [1.29, 1.82) is 0 Å². The van der Waals surface area contributed by atoms with Crippen LogP contribution in [0.4, 0.5) is 10.1 Å². The van der Waals surface area contributed by atoms with Crippen LogP contribution in [0.25, 0.3) is 0 Å². The number of benzene rings is 3. The SMILES string of the molecule is O=C1C(Sc2ccc(Cl)cc2)=C(N2CCc3ccccc3C2)C(=O)N1c1ccccc1F. The number of amides is 2. The zero-order chi connectivity index (χ0) is 22.2. The van der Waals surface area contributed by atoms with Crippen LogP contribution in [-0.4, -0.2) is 23.3 Å². The number of halogens is 2. The summed E-state index contributed by atoms with van der Waals surface area (Å²) >= 11 is 7.20. The summed E-state index contributed by atoms with van der Waals surface area (Å²) in [5.41, 5.74) is 2.63. The molecule has 2 heterocycles. The predicted octanol–water partition coefficient (Wildman–Crippen LogP) is 5.41. The maximum absolute atomic E-state index is 14.6. The Bertz CT molecular complexity index is 1260. The van der Waals surface area contributed by atoms with E-state index in [-0.39, 0.29) is 5.69 Å². The first-order chi connectivity index (χ1) is 15.5. The molecule has 2 aliphatic rings. The highest BCUT2D eigenvalue weighted by molar-refractivity contribution is 8.04. The second-order valence-corrected chi connectivity index (χ2v) is 9.09. The van der Waals surface area contributed by atoms with Gasteiger partial charge in [0, 0.05) is 23.0 Å². The van der Waals surface area contributed by atoms with Gasteiger partial charge in [-0.05, 0) is 53.9 Å². The molecule has 0 atom stereocenters. The average molecular weight is 465 g/mol. The van der Waals surface area contributed by atoms with E-state index in [1.807, 2.05) is 23.1 Å². The summed E-state index contributed by atoms with van der Waals surface area (Å²) in [5.74, 6) is -1.64. The van der Waals surface area contributed by atoms with Crippen molar-refractivity contribution < 1.29 is 14.0 Å². The monoisotopic (exact) mass is 464 g/mol. The van der Waals surface area contributed by atoms with Gasteiger partial charge in [-0.25, -0.2) is 9.29 Å². The molecule has 0 spiro atoms. The van der Waals surface area contributed by atoms with Gasteiger partial charge in [0.05, 0.1) is 5.69 Å². The van der Waals surface area contributed by atoms with Gasteiger partial charge >= 0.3 is 0 Å². The van der Waals surface area contributed by atoms with Crippen molar-refractivity contribution >= 4 is 40.9 Å². The van der Waals surface area contributed by atoms with Crippen LogP contribution >= 0.6 is 23.4 Å². The first-order valence-electron chi connectivity index (χ1n) is 10.2. The summed E-state index contributed by atoms with van der Waals surface area (Å²) in [6.07, 6.45) is 0.764. The Balaban J connectivity index is 1.57. The topological polar surface area (TPSA) is 40.6 Å². The van der Waals surface area contributed by atoms with E-state index in [0.29, 0.717) is 28.7 Å². The molecule has 0 saturated heterocycles. The van der Waals surface area contributed by atoms with Crippen molar-refractivity contribution in [3.8, 4) is 0 Å². The zero-order valence-electron chi connectivity index (χ0n) is 16.9. The maximum Gasteiger partial charge on any atom is 0.283 e. The van der Waals surface area contributed by atoms with Gasteiger partial charge in [-0.2, -0.15) is 0 Å². The van der Waals surface area contributed by atoms with E-state index < -0.39 is 17.6 Å². The summed E-state index contributed by atoms with van der Waals surface area (Å²) < 4.78 is 14.6. The third-order valence-corrected chi connectivity index (χ3v) is 6.92. The van der Waals surface area contributed by atoms with Crippen molar-refractivity contribution in [2.24, 2.45) is 0 Å². The highest BCUT2D eigenvalue weighted by Crippen LogP contribution is 2.40. The van der Waals surface area contributed by atoms with Crippen LogP contribution in [0.1, 0.15) is 11.1 Å². The number of imide groups is 1. The Morgan fingerprint density at radius 1 is 0.844 bits per heavy atom. The molecule has 32 heavy (non-hydrogen) atoms. The van der Waals surface area contributed by atoms with Crippen LogP contribution in [0.3, 0.4) is 0 Å². The lowest BCUT2D eigenvalue weighted by atomic mass is 9.99. The minimum absolute atomic E-state index is 0.0379. The molecule has 0 radical (unpaired) electrons. The highest BCUT2D eigenvalue weighted by atomic mass is 35.5. The number of fused-ring (bicyclic) bond motifs is 1. The molecule has 7 heteroatoms. The normalized spacial score (nSPS) is 16.1. The Morgan fingerprint density at radius 2 is 1.53 bits per heavy atom. The van der Waals surface area contributed by atoms with E-state index in [1.165, 1.54) is 35.5 Å². The minimum atomic E-state index is -0.615. The standard InChI is InChI=1S/C25H18ClFN2O2S/c26-18-9-11-19(12-10-18)32-23-22(28-14-13-16-5-1-2-6-17(16)15-28)24(30)29(25(23)31)21-8-4-3-7-20(21)27/h1-12H,13-15H2.